The Labute approximate surface area is 128 Å². The molecule has 0 amide bonds. The molecule has 3 rings (SSSR count). The van der Waals surface area contributed by atoms with Crippen molar-refractivity contribution in [2.45, 2.75) is 39.0 Å². The van der Waals surface area contributed by atoms with Crippen LogP contribution in [0.25, 0.3) is 10.8 Å². The summed E-state index contributed by atoms with van der Waals surface area (Å²) in [6.07, 6.45) is 3.94. The number of benzene rings is 2. The van der Waals surface area contributed by atoms with Crippen LogP contribution >= 0.6 is 0 Å². The van der Waals surface area contributed by atoms with E-state index in [1.165, 1.54) is 35.6 Å². The van der Waals surface area contributed by atoms with E-state index in [0.717, 1.165) is 18.4 Å². The second-order valence-corrected chi connectivity index (χ2v) is 7.03. The highest BCUT2D eigenvalue weighted by atomic mass is 14.6. The Hall–Kier alpha value is -1.34. The van der Waals surface area contributed by atoms with E-state index in [4.69, 9.17) is 5.73 Å². The molecule has 112 valence electrons. The van der Waals surface area contributed by atoms with Crippen LogP contribution < -0.4 is 5.73 Å². The molecule has 1 nitrogen and oxygen atoms in total. The summed E-state index contributed by atoms with van der Waals surface area (Å²) >= 11 is 0. The molecule has 2 N–H and O–H groups in total. The Morgan fingerprint density at radius 3 is 2.52 bits per heavy atom. The predicted octanol–water partition coefficient (Wildman–Crippen LogP) is 4.95. The molecule has 0 bridgehead atoms. The van der Waals surface area contributed by atoms with Crippen molar-refractivity contribution in [1.82, 2.24) is 0 Å². The maximum atomic E-state index is 6.07. The first kappa shape index (κ1) is 14.6. The van der Waals surface area contributed by atoms with Gasteiger partial charge in [-0.3, -0.25) is 0 Å². The maximum Gasteiger partial charge on any atom is -0.00430 e. The predicted molar refractivity (Wildman–Crippen MR) is 91.4 cm³/mol. The third-order valence-corrected chi connectivity index (χ3v) is 5.48. The van der Waals surface area contributed by atoms with Crippen molar-refractivity contribution in [3.05, 3.63) is 48.0 Å². The highest BCUT2D eigenvalue weighted by Crippen LogP contribution is 2.43. The largest absolute Gasteiger partial charge is 0.330 e. The van der Waals surface area contributed by atoms with E-state index in [0.29, 0.717) is 11.8 Å². The van der Waals surface area contributed by atoms with Gasteiger partial charge in [0.05, 0.1) is 0 Å². The van der Waals surface area contributed by atoms with Crippen molar-refractivity contribution < 1.29 is 0 Å². The minimum Gasteiger partial charge on any atom is -0.330 e. The molecule has 0 radical (unpaired) electrons. The maximum absolute atomic E-state index is 6.07. The highest BCUT2D eigenvalue weighted by Gasteiger charge is 2.31. The fourth-order valence-electron chi connectivity index (χ4n) is 4.00. The van der Waals surface area contributed by atoms with Gasteiger partial charge in [0, 0.05) is 0 Å². The topological polar surface area (TPSA) is 26.0 Å². The molecule has 1 aliphatic rings. The van der Waals surface area contributed by atoms with Crippen LogP contribution in [0.1, 0.15) is 44.6 Å². The number of fused-ring (bicyclic) bond motifs is 1. The Morgan fingerprint density at radius 2 is 1.81 bits per heavy atom. The Bertz CT molecular complexity index is 602. The second-order valence-electron chi connectivity index (χ2n) is 7.03. The molecule has 0 aromatic heterocycles. The second kappa shape index (κ2) is 6.19. The van der Waals surface area contributed by atoms with Crippen LogP contribution in [0.3, 0.4) is 0 Å². The molecule has 0 spiro atoms. The van der Waals surface area contributed by atoms with Crippen LogP contribution in [0.5, 0.6) is 0 Å². The molecule has 3 atom stereocenters. The average Bonchev–Trinajstić information content (AvgIpc) is 2.53. The van der Waals surface area contributed by atoms with E-state index in [1.54, 1.807) is 0 Å². The molecule has 0 saturated heterocycles. The fourth-order valence-corrected chi connectivity index (χ4v) is 4.00. The molecule has 2 aromatic rings. The average molecular weight is 281 g/mol. The summed E-state index contributed by atoms with van der Waals surface area (Å²) < 4.78 is 0. The lowest BCUT2D eigenvalue weighted by Crippen LogP contribution is -2.30. The fraction of sp³-hybridized carbons (Fsp3) is 0.500. The van der Waals surface area contributed by atoms with E-state index in [-0.39, 0.29) is 0 Å². The molecule has 3 unspecified atom stereocenters. The van der Waals surface area contributed by atoms with E-state index in [2.05, 4.69) is 56.3 Å². The number of rotatable bonds is 3. The van der Waals surface area contributed by atoms with E-state index in [1.807, 2.05) is 0 Å². The first-order valence-electron chi connectivity index (χ1n) is 8.37. The lowest BCUT2D eigenvalue weighted by molar-refractivity contribution is 0.197. The molecule has 2 aromatic carbocycles. The molecule has 1 saturated carbocycles. The van der Waals surface area contributed by atoms with Gasteiger partial charge in [-0.05, 0) is 65.8 Å². The van der Waals surface area contributed by atoms with Gasteiger partial charge in [-0.25, -0.2) is 0 Å². The van der Waals surface area contributed by atoms with Gasteiger partial charge in [0.25, 0.3) is 0 Å². The summed E-state index contributed by atoms with van der Waals surface area (Å²) in [5.74, 6) is 2.93. The van der Waals surface area contributed by atoms with Crippen molar-refractivity contribution in [3.8, 4) is 0 Å². The van der Waals surface area contributed by atoms with Crippen molar-refractivity contribution in [1.29, 1.82) is 0 Å². The van der Waals surface area contributed by atoms with Crippen LogP contribution in [0.2, 0.25) is 0 Å². The SMILES string of the molecule is CC(C)C1CCC(CN)C(c2ccc3ccccc3c2)C1. The molecule has 0 heterocycles. The van der Waals surface area contributed by atoms with Gasteiger partial charge in [-0.15, -0.1) is 0 Å². The lowest BCUT2D eigenvalue weighted by Gasteiger charge is -2.38. The van der Waals surface area contributed by atoms with Gasteiger partial charge in [-0.2, -0.15) is 0 Å². The van der Waals surface area contributed by atoms with Crippen LogP contribution in [0.4, 0.5) is 0 Å². The smallest absolute Gasteiger partial charge is 0.00430 e. The van der Waals surface area contributed by atoms with Crippen LogP contribution in [-0.4, -0.2) is 6.54 Å². The van der Waals surface area contributed by atoms with Gasteiger partial charge >= 0.3 is 0 Å². The van der Waals surface area contributed by atoms with Gasteiger partial charge in [0.1, 0.15) is 0 Å². The summed E-state index contributed by atoms with van der Waals surface area (Å²) in [5, 5.41) is 2.69. The highest BCUT2D eigenvalue weighted by molar-refractivity contribution is 5.83. The quantitative estimate of drug-likeness (QED) is 0.846. The summed E-state index contributed by atoms with van der Waals surface area (Å²) in [7, 11) is 0. The van der Waals surface area contributed by atoms with E-state index >= 15 is 0 Å². The molecular formula is C20H27N. The van der Waals surface area contributed by atoms with Gasteiger partial charge < -0.3 is 5.73 Å². The van der Waals surface area contributed by atoms with E-state index in [9.17, 15) is 0 Å². The summed E-state index contributed by atoms with van der Waals surface area (Å²) in [6.45, 7) is 5.55. The summed E-state index contributed by atoms with van der Waals surface area (Å²) in [4.78, 5) is 0. The van der Waals surface area contributed by atoms with Crippen LogP contribution in [-0.2, 0) is 0 Å². The Balaban J connectivity index is 1.93. The normalized spacial score (nSPS) is 26.4. The van der Waals surface area contributed by atoms with Gasteiger partial charge in [0.2, 0.25) is 0 Å². The third kappa shape index (κ3) is 2.98. The summed E-state index contributed by atoms with van der Waals surface area (Å²) in [5.41, 5.74) is 7.56. The number of hydrogen-bond acceptors (Lipinski definition) is 1. The minimum absolute atomic E-state index is 0.640. The molecule has 1 aliphatic carbocycles. The Morgan fingerprint density at radius 1 is 1.05 bits per heavy atom. The molecular weight excluding hydrogens is 254 g/mol. The lowest BCUT2D eigenvalue weighted by atomic mass is 9.68. The van der Waals surface area contributed by atoms with Crippen molar-refractivity contribution in [2.24, 2.45) is 23.5 Å². The first-order valence-corrected chi connectivity index (χ1v) is 8.37. The first-order chi connectivity index (χ1) is 10.2. The Kier molecular flexibility index (Phi) is 4.30. The third-order valence-electron chi connectivity index (χ3n) is 5.48. The molecule has 21 heavy (non-hydrogen) atoms. The van der Waals surface area contributed by atoms with Gasteiger partial charge in [0.15, 0.2) is 0 Å². The molecule has 1 fully saturated rings. The molecule has 0 aliphatic heterocycles. The van der Waals surface area contributed by atoms with Crippen molar-refractivity contribution in [3.63, 3.8) is 0 Å². The number of nitrogens with two attached hydrogens (primary N) is 1. The summed E-state index contributed by atoms with van der Waals surface area (Å²) in [6, 6.07) is 15.7. The molecule has 1 heteroatoms. The van der Waals surface area contributed by atoms with Gasteiger partial charge in [-0.1, -0.05) is 56.3 Å². The van der Waals surface area contributed by atoms with Crippen LogP contribution in [0, 0.1) is 17.8 Å². The monoisotopic (exact) mass is 281 g/mol. The van der Waals surface area contributed by atoms with Crippen molar-refractivity contribution in [2.75, 3.05) is 6.54 Å². The minimum atomic E-state index is 0.640. The van der Waals surface area contributed by atoms with E-state index < -0.39 is 0 Å². The zero-order valence-electron chi connectivity index (χ0n) is 13.3. The number of hydrogen-bond donors (Lipinski definition) is 1. The standard InChI is InChI=1S/C20H27N/c1-14(2)16-8-10-19(13-21)20(12-16)18-9-7-15-5-3-4-6-17(15)11-18/h3-7,9,11,14,16,19-20H,8,10,12-13,21H2,1-2H3. The zero-order chi connectivity index (χ0) is 14.8. The zero-order valence-corrected chi connectivity index (χ0v) is 13.3. The van der Waals surface area contributed by atoms with Crippen molar-refractivity contribution >= 4 is 10.8 Å². The van der Waals surface area contributed by atoms with Crippen LogP contribution in [0.15, 0.2) is 42.5 Å².